The second kappa shape index (κ2) is 2.55. The maximum absolute atomic E-state index is 4.20. The van der Waals surface area contributed by atoms with Gasteiger partial charge in [-0.25, -0.2) is 0 Å². The van der Waals surface area contributed by atoms with Crippen LogP contribution in [0.25, 0.3) is 0 Å². The van der Waals surface area contributed by atoms with Crippen molar-refractivity contribution in [2.24, 2.45) is 5.92 Å². The van der Waals surface area contributed by atoms with E-state index in [0.717, 1.165) is 5.92 Å². The minimum atomic E-state index is 0.314. The number of aromatic nitrogens is 1. The van der Waals surface area contributed by atoms with E-state index in [2.05, 4.69) is 16.4 Å². The van der Waals surface area contributed by atoms with E-state index in [0.29, 0.717) is 5.54 Å². The molecule has 2 aliphatic rings. The Hall–Kier alpha value is -0.890. The van der Waals surface area contributed by atoms with Gasteiger partial charge in [-0.3, -0.25) is 4.98 Å². The van der Waals surface area contributed by atoms with Crippen molar-refractivity contribution in [1.29, 1.82) is 0 Å². The normalized spacial score (nSPS) is 36.8. The fourth-order valence-corrected chi connectivity index (χ4v) is 2.84. The molecule has 1 aliphatic carbocycles. The molecule has 1 aliphatic heterocycles. The third-order valence-corrected chi connectivity index (χ3v) is 3.69. The molecule has 0 amide bonds. The van der Waals surface area contributed by atoms with Gasteiger partial charge in [0, 0.05) is 17.9 Å². The minimum Gasteiger partial charge on any atom is -0.307 e. The predicted octanol–water partition coefficient (Wildman–Crippen LogP) is 1.68. The molecular formula is C11H14N2. The first kappa shape index (κ1) is 7.51. The second-order valence-corrected chi connectivity index (χ2v) is 4.16. The van der Waals surface area contributed by atoms with E-state index in [9.17, 15) is 0 Å². The van der Waals surface area contributed by atoms with Crippen molar-refractivity contribution >= 4 is 0 Å². The number of fused-ring (bicyclic) bond motifs is 1. The van der Waals surface area contributed by atoms with Gasteiger partial charge in [0.25, 0.3) is 0 Å². The molecule has 0 radical (unpaired) electrons. The van der Waals surface area contributed by atoms with E-state index in [1.165, 1.54) is 31.4 Å². The molecule has 2 nitrogen and oxygen atoms in total. The third kappa shape index (κ3) is 0.894. The molecule has 2 heterocycles. The summed E-state index contributed by atoms with van der Waals surface area (Å²) >= 11 is 0. The Morgan fingerprint density at radius 3 is 3.08 bits per heavy atom. The molecule has 0 spiro atoms. The van der Waals surface area contributed by atoms with E-state index in [1.807, 2.05) is 18.5 Å². The molecule has 68 valence electrons. The summed E-state index contributed by atoms with van der Waals surface area (Å²) < 4.78 is 0. The maximum atomic E-state index is 4.20. The van der Waals surface area contributed by atoms with E-state index < -0.39 is 0 Å². The highest BCUT2D eigenvalue weighted by molar-refractivity contribution is 5.27. The van der Waals surface area contributed by atoms with Crippen LogP contribution in [0.15, 0.2) is 24.5 Å². The largest absolute Gasteiger partial charge is 0.307 e. The van der Waals surface area contributed by atoms with Gasteiger partial charge in [0.05, 0.1) is 0 Å². The Balaban J connectivity index is 2.00. The lowest BCUT2D eigenvalue weighted by Crippen LogP contribution is -2.48. The van der Waals surface area contributed by atoms with Crippen molar-refractivity contribution < 1.29 is 0 Å². The molecule has 2 atom stereocenters. The summed E-state index contributed by atoms with van der Waals surface area (Å²) in [5.41, 5.74) is 1.71. The smallest absolute Gasteiger partial charge is 0.0479 e. The molecule has 0 bridgehead atoms. The van der Waals surface area contributed by atoms with Crippen LogP contribution in [-0.2, 0) is 5.54 Å². The Morgan fingerprint density at radius 2 is 2.46 bits per heavy atom. The monoisotopic (exact) mass is 174 g/mol. The van der Waals surface area contributed by atoms with Crippen LogP contribution in [0.1, 0.15) is 24.8 Å². The topological polar surface area (TPSA) is 24.9 Å². The van der Waals surface area contributed by atoms with E-state index >= 15 is 0 Å². The van der Waals surface area contributed by atoms with Gasteiger partial charge in [-0.2, -0.15) is 0 Å². The second-order valence-electron chi connectivity index (χ2n) is 4.16. The van der Waals surface area contributed by atoms with Crippen LogP contribution < -0.4 is 5.32 Å². The molecule has 1 saturated carbocycles. The van der Waals surface area contributed by atoms with Gasteiger partial charge in [-0.15, -0.1) is 0 Å². The third-order valence-electron chi connectivity index (χ3n) is 3.69. The van der Waals surface area contributed by atoms with Crippen LogP contribution in [0.2, 0.25) is 0 Å². The van der Waals surface area contributed by atoms with Crippen molar-refractivity contribution in [2.45, 2.75) is 24.8 Å². The number of pyridine rings is 1. The van der Waals surface area contributed by atoms with Crippen molar-refractivity contribution in [3.8, 4) is 0 Å². The predicted molar refractivity (Wildman–Crippen MR) is 51.3 cm³/mol. The summed E-state index contributed by atoms with van der Waals surface area (Å²) in [5.74, 6) is 0.872. The zero-order chi connectivity index (χ0) is 8.73. The first-order valence-electron chi connectivity index (χ1n) is 5.07. The quantitative estimate of drug-likeness (QED) is 0.700. The van der Waals surface area contributed by atoms with Gasteiger partial charge in [-0.1, -0.05) is 6.07 Å². The van der Waals surface area contributed by atoms with Crippen LogP contribution in [0.5, 0.6) is 0 Å². The lowest BCUT2D eigenvalue weighted by Gasteiger charge is -2.45. The molecule has 2 heteroatoms. The zero-order valence-corrected chi connectivity index (χ0v) is 7.66. The van der Waals surface area contributed by atoms with Crippen molar-refractivity contribution in [3.63, 3.8) is 0 Å². The number of hydrogen-bond donors (Lipinski definition) is 1. The minimum absolute atomic E-state index is 0.314. The molecule has 1 aromatic rings. The van der Waals surface area contributed by atoms with Gasteiger partial charge in [-0.05, 0) is 43.4 Å². The zero-order valence-electron chi connectivity index (χ0n) is 7.66. The van der Waals surface area contributed by atoms with Crippen molar-refractivity contribution in [3.05, 3.63) is 30.1 Å². The summed E-state index contributed by atoms with van der Waals surface area (Å²) in [7, 11) is 0. The van der Waals surface area contributed by atoms with Crippen LogP contribution in [0.4, 0.5) is 0 Å². The van der Waals surface area contributed by atoms with E-state index in [4.69, 9.17) is 0 Å². The van der Waals surface area contributed by atoms with Crippen molar-refractivity contribution in [1.82, 2.24) is 10.3 Å². The van der Waals surface area contributed by atoms with Gasteiger partial charge in [0.15, 0.2) is 0 Å². The standard InChI is InChI=1S/C11H14N2/c1-2-10(8-12-6-1)11-5-3-9(11)4-7-13-11/h1-2,6,8-9,13H,3-5,7H2. The molecule has 0 aromatic carbocycles. The molecule has 2 fully saturated rings. The Morgan fingerprint density at radius 1 is 1.46 bits per heavy atom. The summed E-state index contributed by atoms with van der Waals surface area (Å²) in [5, 5.41) is 3.65. The lowest BCUT2D eigenvalue weighted by molar-refractivity contribution is 0.136. The Kier molecular flexibility index (Phi) is 1.47. The van der Waals surface area contributed by atoms with Crippen LogP contribution >= 0.6 is 0 Å². The van der Waals surface area contributed by atoms with Crippen molar-refractivity contribution in [2.75, 3.05) is 6.54 Å². The number of rotatable bonds is 1. The Bertz CT molecular complexity index is 309. The summed E-state index contributed by atoms with van der Waals surface area (Å²) in [6.07, 6.45) is 7.90. The maximum Gasteiger partial charge on any atom is 0.0479 e. The van der Waals surface area contributed by atoms with Crippen LogP contribution in [-0.4, -0.2) is 11.5 Å². The average molecular weight is 174 g/mol. The molecule has 1 aromatic heterocycles. The summed E-state index contributed by atoms with van der Waals surface area (Å²) in [4.78, 5) is 4.20. The number of nitrogens with zero attached hydrogens (tertiary/aromatic N) is 1. The summed E-state index contributed by atoms with van der Waals surface area (Å²) in [6.45, 7) is 1.18. The first-order valence-corrected chi connectivity index (χ1v) is 5.07. The molecule has 2 unspecified atom stereocenters. The molecular weight excluding hydrogens is 160 g/mol. The number of hydrogen-bond acceptors (Lipinski definition) is 2. The van der Waals surface area contributed by atoms with E-state index in [-0.39, 0.29) is 0 Å². The highest BCUT2D eigenvalue weighted by Crippen LogP contribution is 2.51. The van der Waals surface area contributed by atoms with Crippen LogP contribution in [0.3, 0.4) is 0 Å². The molecule has 1 N–H and O–H groups in total. The van der Waals surface area contributed by atoms with Gasteiger partial charge in [0.2, 0.25) is 0 Å². The fourth-order valence-electron chi connectivity index (χ4n) is 2.84. The van der Waals surface area contributed by atoms with E-state index in [1.54, 1.807) is 0 Å². The highest BCUT2D eigenvalue weighted by atomic mass is 15.0. The highest BCUT2D eigenvalue weighted by Gasteiger charge is 2.50. The SMILES string of the molecule is c1cncc(C23CCC2CCN3)c1. The number of nitrogens with one attached hydrogen (secondary N) is 1. The molecule has 13 heavy (non-hydrogen) atoms. The van der Waals surface area contributed by atoms with Crippen LogP contribution in [0, 0.1) is 5.92 Å². The first-order chi connectivity index (χ1) is 6.42. The van der Waals surface area contributed by atoms with Gasteiger partial charge < -0.3 is 5.32 Å². The average Bonchev–Trinajstić information content (AvgIpc) is 2.45. The van der Waals surface area contributed by atoms with Gasteiger partial charge in [0.1, 0.15) is 0 Å². The molecule has 1 saturated heterocycles. The molecule has 3 rings (SSSR count). The summed E-state index contributed by atoms with van der Waals surface area (Å²) in [6, 6.07) is 4.25. The lowest BCUT2D eigenvalue weighted by atomic mass is 9.65. The van der Waals surface area contributed by atoms with Gasteiger partial charge >= 0.3 is 0 Å². The Labute approximate surface area is 78.4 Å². The fraction of sp³-hybridized carbons (Fsp3) is 0.545.